The lowest BCUT2D eigenvalue weighted by Gasteiger charge is -2.35. The van der Waals surface area contributed by atoms with Crippen molar-refractivity contribution in [2.45, 2.75) is 25.3 Å². The molecule has 0 aliphatic carbocycles. The molecule has 1 aromatic rings. The van der Waals surface area contributed by atoms with Gasteiger partial charge in [0.25, 0.3) is 5.91 Å². The Hall–Kier alpha value is -1.14. The zero-order chi connectivity index (χ0) is 15.4. The van der Waals surface area contributed by atoms with Gasteiger partial charge in [-0.15, -0.1) is 0 Å². The average molecular weight is 320 g/mol. The third-order valence-electron chi connectivity index (χ3n) is 4.69. The van der Waals surface area contributed by atoms with Crippen molar-refractivity contribution in [2.75, 3.05) is 38.2 Å². The third-order valence-corrected chi connectivity index (χ3v) is 5.39. The number of nitrogens with zero attached hydrogens (tertiary/aromatic N) is 4. The Morgan fingerprint density at radius 3 is 3.00 bits per heavy atom. The zero-order valence-electron chi connectivity index (χ0n) is 13.1. The molecule has 1 amide bonds. The predicted molar refractivity (Wildman–Crippen MR) is 89.0 cm³/mol. The van der Waals surface area contributed by atoms with Crippen LogP contribution >= 0.6 is 11.8 Å². The van der Waals surface area contributed by atoms with E-state index in [1.54, 1.807) is 18.6 Å². The van der Waals surface area contributed by atoms with E-state index in [9.17, 15) is 4.79 Å². The maximum absolute atomic E-state index is 12.6. The molecule has 0 saturated carbocycles. The summed E-state index contributed by atoms with van der Waals surface area (Å²) in [6.45, 7) is 4.01. The first-order valence-corrected chi connectivity index (χ1v) is 9.45. The highest BCUT2D eigenvalue weighted by Crippen LogP contribution is 2.28. The van der Waals surface area contributed by atoms with Gasteiger partial charge < -0.3 is 4.90 Å². The number of carbonyl (C=O) groups excluding carboxylic acids is 1. The molecular formula is C16H24N4OS. The predicted octanol–water partition coefficient (Wildman–Crippen LogP) is 1.77. The van der Waals surface area contributed by atoms with Crippen molar-refractivity contribution in [1.82, 2.24) is 19.8 Å². The van der Waals surface area contributed by atoms with Crippen LogP contribution in [-0.2, 0) is 0 Å². The monoisotopic (exact) mass is 320 g/mol. The fraction of sp³-hybridized carbons (Fsp3) is 0.688. The van der Waals surface area contributed by atoms with Gasteiger partial charge in [-0.05, 0) is 43.7 Å². The Balaban J connectivity index is 1.66. The number of carbonyl (C=O) groups is 1. The molecule has 6 heteroatoms. The number of piperidine rings is 1. The summed E-state index contributed by atoms with van der Waals surface area (Å²) in [5.74, 6) is 1.86. The lowest BCUT2D eigenvalue weighted by Crippen LogP contribution is -2.45. The van der Waals surface area contributed by atoms with Gasteiger partial charge in [-0.3, -0.25) is 14.7 Å². The van der Waals surface area contributed by atoms with Crippen LogP contribution < -0.4 is 0 Å². The van der Waals surface area contributed by atoms with Crippen LogP contribution in [0, 0.1) is 5.92 Å². The van der Waals surface area contributed by atoms with Crippen molar-refractivity contribution >= 4 is 17.7 Å². The van der Waals surface area contributed by atoms with Gasteiger partial charge in [0.05, 0.1) is 6.20 Å². The Kier molecular flexibility index (Phi) is 5.31. The minimum atomic E-state index is 0.0379. The van der Waals surface area contributed by atoms with Gasteiger partial charge in [0.2, 0.25) is 0 Å². The molecule has 2 bridgehead atoms. The van der Waals surface area contributed by atoms with E-state index in [1.807, 2.05) is 16.7 Å². The first-order valence-electron chi connectivity index (χ1n) is 8.06. The minimum Gasteiger partial charge on any atom is -0.335 e. The fourth-order valence-electron chi connectivity index (χ4n) is 3.60. The summed E-state index contributed by atoms with van der Waals surface area (Å²) in [4.78, 5) is 25.4. The SMILES string of the molecule is CSCCCN1CC2CCC1CN(C(=O)c1cnccn1)C2. The molecule has 4 rings (SSSR count). The lowest BCUT2D eigenvalue weighted by molar-refractivity contribution is 0.0731. The standard InChI is InChI=1S/C16H24N4OS/c1-22-8-2-7-19-10-13-3-4-14(19)12-20(11-13)16(21)15-9-17-5-6-18-15/h5-6,9,13-14H,2-4,7-8,10-12H2,1H3. The van der Waals surface area contributed by atoms with E-state index >= 15 is 0 Å². The average Bonchev–Trinajstić information content (AvgIpc) is 2.87. The largest absolute Gasteiger partial charge is 0.335 e. The summed E-state index contributed by atoms with van der Waals surface area (Å²) >= 11 is 1.91. The van der Waals surface area contributed by atoms with Crippen LogP contribution in [0.15, 0.2) is 18.6 Å². The molecule has 3 saturated heterocycles. The van der Waals surface area contributed by atoms with Gasteiger partial charge >= 0.3 is 0 Å². The molecule has 2 unspecified atom stereocenters. The van der Waals surface area contributed by atoms with Crippen molar-refractivity contribution in [2.24, 2.45) is 5.92 Å². The van der Waals surface area contributed by atoms with E-state index in [4.69, 9.17) is 0 Å². The number of hydrogen-bond acceptors (Lipinski definition) is 5. The van der Waals surface area contributed by atoms with Crippen LogP contribution in [-0.4, -0.2) is 69.9 Å². The van der Waals surface area contributed by atoms with E-state index in [0.29, 0.717) is 17.7 Å². The molecule has 2 atom stereocenters. The summed E-state index contributed by atoms with van der Waals surface area (Å²) < 4.78 is 0. The van der Waals surface area contributed by atoms with Gasteiger partial charge in [-0.2, -0.15) is 11.8 Å². The molecule has 22 heavy (non-hydrogen) atoms. The van der Waals surface area contributed by atoms with Crippen LogP contribution in [0.5, 0.6) is 0 Å². The van der Waals surface area contributed by atoms with Gasteiger partial charge in [0.15, 0.2) is 0 Å². The number of hydrogen-bond donors (Lipinski definition) is 0. The molecule has 1 aromatic heterocycles. The first kappa shape index (κ1) is 15.7. The summed E-state index contributed by atoms with van der Waals surface area (Å²) in [5.41, 5.74) is 0.470. The number of amides is 1. The second-order valence-corrected chi connectivity index (χ2v) is 7.22. The van der Waals surface area contributed by atoms with Crippen molar-refractivity contribution in [3.63, 3.8) is 0 Å². The van der Waals surface area contributed by atoms with Crippen molar-refractivity contribution in [1.29, 1.82) is 0 Å². The smallest absolute Gasteiger partial charge is 0.274 e. The Labute approximate surface area is 136 Å². The van der Waals surface area contributed by atoms with E-state index in [1.165, 1.54) is 25.0 Å². The summed E-state index contributed by atoms with van der Waals surface area (Å²) in [6, 6.07) is 0.515. The quantitative estimate of drug-likeness (QED) is 0.774. The molecule has 3 aliphatic rings. The Morgan fingerprint density at radius 1 is 1.32 bits per heavy atom. The van der Waals surface area contributed by atoms with Crippen LogP contribution in [0.25, 0.3) is 0 Å². The summed E-state index contributed by atoms with van der Waals surface area (Å²) in [6.07, 6.45) is 10.6. The maximum atomic E-state index is 12.6. The van der Waals surface area contributed by atoms with Crippen molar-refractivity contribution < 1.29 is 4.79 Å². The molecule has 0 aromatic carbocycles. The molecular weight excluding hydrogens is 296 g/mol. The van der Waals surface area contributed by atoms with Gasteiger partial charge in [0, 0.05) is 38.1 Å². The molecule has 4 heterocycles. The first-order chi connectivity index (χ1) is 10.8. The Morgan fingerprint density at radius 2 is 2.23 bits per heavy atom. The minimum absolute atomic E-state index is 0.0379. The van der Waals surface area contributed by atoms with E-state index in [0.717, 1.165) is 26.2 Å². The lowest BCUT2D eigenvalue weighted by atomic mass is 9.95. The molecule has 3 fully saturated rings. The topological polar surface area (TPSA) is 49.3 Å². The van der Waals surface area contributed by atoms with E-state index in [2.05, 4.69) is 21.1 Å². The number of aromatic nitrogens is 2. The second kappa shape index (κ2) is 7.42. The molecule has 120 valence electrons. The third kappa shape index (κ3) is 3.60. The number of rotatable bonds is 5. The second-order valence-electron chi connectivity index (χ2n) is 6.24. The number of thioether (sulfide) groups is 1. The van der Waals surface area contributed by atoms with Gasteiger partial charge in [-0.1, -0.05) is 0 Å². The van der Waals surface area contributed by atoms with E-state index < -0.39 is 0 Å². The maximum Gasteiger partial charge on any atom is 0.274 e. The van der Waals surface area contributed by atoms with Crippen molar-refractivity contribution in [3.05, 3.63) is 24.3 Å². The number of fused-ring (bicyclic) bond motifs is 4. The van der Waals surface area contributed by atoms with Crippen molar-refractivity contribution in [3.8, 4) is 0 Å². The normalized spacial score (nSPS) is 25.2. The highest BCUT2D eigenvalue weighted by Gasteiger charge is 2.36. The summed E-state index contributed by atoms with van der Waals surface area (Å²) in [7, 11) is 0. The fourth-order valence-corrected chi connectivity index (χ4v) is 4.02. The molecule has 0 N–H and O–H groups in total. The molecule has 0 spiro atoms. The Bertz CT molecular complexity index is 498. The molecule has 3 aliphatic heterocycles. The molecule has 5 nitrogen and oxygen atoms in total. The van der Waals surface area contributed by atoms with Crippen LogP contribution in [0.4, 0.5) is 0 Å². The zero-order valence-corrected chi connectivity index (χ0v) is 14.0. The van der Waals surface area contributed by atoms with Gasteiger partial charge in [-0.25, -0.2) is 4.98 Å². The highest BCUT2D eigenvalue weighted by atomic mass is 32.2. The summed E-state index contributed by atoms with van der Waals surface area (Å²) in [5, 5.41) is 0. The van der Waals surface area contributed by atoms with Crippen LogP contribution in [0.1, 0.15) is 29.8 Å². The van der Waals surface area contributed by atoms with Crippen LogP contribution in [0.3, 0.4) is 0 Å². The highest BCUT2D eigenvalue weighted by molar-refractivity contribution is 7.98. The van der Waals surface area contributed by atoms with Gasteiger partial charge in [0.1, 0.15) is 5.69 Å². The van der Waals surface area contributed by atoms with E-state index in [-0.39, 0.29) is 5.91 Å². The molecule has 0 radical (unpaired) electrons. The van der Waals surface area contributed by atoms with Crippen LogP contribution in [0.2, 0.25) is 0 Å².